The second kappa shape index (κ2) is 6.60. The predicted octanol–water partition coefficient (Wildman–Crippen LogP) is 3.34. The van der Waals surface area contributed by atoms with E-state index in [0.717, 1.165) is 37.7 Å². The van der Waals surface area contributed by atoms with Crippen molar-refractivity contribution in [3.8, 4) is 0 Å². The Morgan fingerprint density at radius 2 is 2.33 bits per heavy atom. The maximum absolute atomic E-state index is 6.01. The van der Waals surface area contributed by atoms with Crippen molar-refractivity contribution in [2.24, 2.45) is 5.92 Å². The summed E-state index contributed by atoms with van der Waals surface area (Å²) in [6.07, 6.45) is 2.37. The van der Waals surface area contributed by atoms with Crippen molar-refractivity contribution in [3.63, 3.8) is 0 Å². The molecule has 1 aromatic rings. The minimum atomic E-state index is 0.340. The van der Waals surface area contributed by atoms with Crippen LogP contribution in [0.1, 0.15) is 18.5 Å². The standard InChI is InChI=1S/C13H18Cl2N2O/c1-17(8-10-3-2-6-18-9-10)13-5-4-11(15)12(7-14)16-13/h4-5,10H,2-3,6-9H2,1H3. The summed E-state index contributed by atoms with van der Waals surface area (Å²) in [6.45, 7) is 2.70. The van der Waals surface area contributed by atoms with Crippen molar-refractivity contribution in [1.82, 2.24) is 4.98 Å². The van der Waals surface area contributed by atoms with Gasteiger partial charge < -0.3 is 9.64 Å². The Labute approximate surface area is 118 Å². The van der Waals surface area contributed by atoms with Crippen molar-refractivity contribution < 1.29 is 4.74 Å². The van der Waals surface area contributed by atoms with E-state index in [1.165, 1.54) is 6.42 Å². The van der Waals surface area contributed by atoms with Crippen LogP contribution in [0.25, 0.3) is 0 Å². The van der Waals surface area contributed by atoms with Crippen LogP contribution in [0.3, 0.4) is 0 Å². The van der Waals surface area contributed by atoms with E-state index in [9.17, 15) is 0 Å². The van der Waals surface area contributed by atoms with Crippen molar-refractivity contribution >= 4 is 29.0 Å². The fourth-order valence-corrected chi connectivity index (χ4v) is 2.66. The van der Waals surface area contributed by atoms with Crippen LogP contribution in [0.15, 0.2) is 12.1 Å². The van der Waals surface area contributed by atoms with Gasteiger partial charge in [0, 0.05) is 20.2 Å². The maximum Gasteiger partial charge on any atom is 0.128 e. The number of rotatable bonds is 4. The molecule has 3 nitrogen and oxygen atoms in total. The van der Waals surface area contributed by atoms with E-state index in [1.807, 2.05) is 19.2 Å². The number of nitrogens with zero attached hydrogens (tertiary/aromatic N) is 2. The van der Waals surface area contributed by atoms with Crippen molar-refractivity contribution in [2.45, 2.75) is 18.7 Å². The summed E-state index contributed by atoms with van der Waals surface area (Å²) in [5.41, 5.74) is 0.738. The first-order valence-corrected chi connectivity index (χ1v) is 7.12. The molecule has 1 aliphatic rings. The summed E-state index contributed by atoms with van der Waals surface area (Å²) in [4.78, 5) is 6.62. The van der Waals surface area contributed by atoms with Crippen LogP contribution in [-0.4, -0.2) is 31.8 Å². The molecule has 0 radical (unpaired) electrons. The monoisotopic (exact) mass is 288 g/mol. The van der Waals surface area contributed by atoms with Gasteiger partial charge in [-0.2, -0.15) is 0 Å². The van der Waals surface area contributed by atoms with Crippen LogP contribution >= 0.6 is 23.2 Å². The second-order valence-corrected chi connectivity index (χ2v) is 5.37. The second-order valence-electron chi connectivity index (χ2n) is 4.70. The molecule has 0 N–H and O–H groups in total. The molecule has 18 heavy (non-hydrogen) atoms. The molecule has 0 spiro atoms. The first kappa shape index (κ1) is 13.9. The lowest BCUT2D eigenvalue weighted by atomic mass is 10.0. The molecule has 5 heteroatoms. The zero-order valence-corrected chi connectivity index (χ0v) is 12.0. The molecule has 1 saturated heterocycles. The number of halogens is 2. The van der Waals surface area contributed by atoms with Crippen molar-refractivity contribution in [2.75, 3.05) is 31.7 Å². The minimum Gasteiger partial charge on any atom is -0.381 e. The molecule has 0 saturated carbocycles. The highest BCUT2D eigenvalue weighted by atomic mass is 35.5. The topological polar surface area (TPSA) is 25.4 Å². The molecular weight excluding hydrogens is 271 g/mol. The number of anilines is 1. The fraction of sp³-hybridized carbons (Fsp3) is 0.615. The molecular formula is C13H18Cl2N2O. The van der Waals surface area contributed by atoms with Gasteiger partial charge in [-0.15, -0.1) is 11.6 Å². The van der Waals surface area contributed by atoms with E-state index in [4.69, 9.17) is 27.9 Å². The summed E-state index contributed by atoms with van der Waals surface area (Å²) in [7, 11) is 2.04. The van der Waals surface area contributed by atoms with E-state index >= 15 is 0 Å². The highest BCUT2D eigenvalue weighted by Gasteiger charge is 2.17. The molecule has 1 fully saturated rings. The molecule has 1 aliphatic heterocycles. The van der Waals surface area contributed by atoms with Gasteiger partial charge in [0.05, 0.1) is 23.2 Å². The number of aromatic nitrogens is 1. The Bertz CT molecular complexity index is 395. The Hall–Kier alpha value is -0.510. The highest BCUT2D eigenvalue weighted by molar-refractivity contribution is 6.32. The lowest BCUT2D eigenvalue weighted by Crippen LogP contribution is -2.31. The first-order chi connectivity index (χ1) is 8.70. The van der Waals surface area contributed by atoms with E-state index in [0.29, 0.717) is 16.8 Å². The van der Waals surface area contributed by atoms with E-state index in [-0.39, 0.29) is 0 Å². The van der Waals surface area contributed by atoms with Crippen LogP contribution in [0, 0.1) is 5.92 Å². The largest absolute Gasteiger partial charge is 0.381 e. The number of alkyl halides is 1. The third-order valence-electron chi connectivity index (χ3n) is 3.21. The Morgan fingerprint density at radius 1 is 1.50 bits per heavy atom. The minimum absolute atomic E-state index is 0.340. The summed E-state index contributed by atoms with van der Waals surface area (Å²) in [6, 6.07) is 3.79. The van der Waals surface area contributed by atoms with Gasteiger partial charge in [0.25, 0.3) is 0 Å². The zero-order chi connectivity index (χ0) is 13.0. The third-order valence-corrected chi connectivity index (χ3v) is 3.81. The molecule has 0 aromatic carbocycles. The summed E-state index contributed by atoms with van der Waals surface area (Å²) < 4.78 is 5.49. The molecule has 100 valence electrons. The SMILES string of the molecule is CN(CC1CCCOC1)c1ccc(Cl)c(CCl)n1. The predicted molar refractivity (Wildman–Crippen MR) is 75.6 cm³/mol. The summed E-state index contributed by atoms with van der Waals surface area (Å²) in [5, 5.41) is 0.628. The van der Waals surface area contributed by atoms with Gasteiger partial charge in [0.15, 0.2) is 0 Å². The lowest BCUT2D eigenvalue weighted by Gasteiger charge is -2.28. The third kappa shape index (κ3) is 3.50. The number of hydrogen-bond donors (Lipinski definition) is 0. The average molecular weight is 289 g/mol. The Morgan fingerprint density at radius 3 is 3.00 bits per heavy atom. The molecule has 2 rings (SSSR count). The Balaban J connectivity index is 2.01. The van der Waals surface area contributed by atoms with Crippen LogP contribution in [0.4, 0.5) is 5.82 Å². The fourth-order valence-electron chi connectivity index (χ4n) is 2.21. The van der Waals surface area contributed by atoms with Crippen LogP contribution in [0.5, 0.6) is 0 Å². The Kier molecular flexibility index (Phi) is 5.10. The average Bonchev–Trinajstić information content (AvgIpc) is 2.40. The quantitative estimate of drug-likeness (QED) is 0.795. The van der Waals surface area contributed by atoms with Crippen LogP contribution in [0.2, 0.25) is 5.02 Å². The molecule has 0 bridgehead atoms. The number of ether oxygens (including phenoxy) is 1. The van der Waals surface area contributed by atoms with Crippen LogP contribution < -0.4 is 4.90 Å². The number of hydrogen-bond acceptors (Lipinski definition) is 3. The van der Waals surface area contributed by atoms with Gasteiger partial charge >= 0.3 is 0 Å². The van der Waals surface area contributed by atoms with Crippen molar-refractivity contribution in [1.29, 1.82) is 0 Å². The molecule has 0 aliphatic carbocycles. The van der Waals surface area contributed by atoms with Gasteiger partial charge in [-0.1, -0.05) is 11.6 Å². The van der Waals surface area contributed by atoms with Gasteiger partial charge in [0.1, 0.15) is 5.82 Å². The van der Waals surface area contributed by atoms with Gasteiger partial charge in [-0.3, -0.25) is 0 Å². The molecule has 1 atom stereocenters. The summed E-state index contributed by atoms with van der Waals surface area (Å²) >= 11 is 11.8. The zero-order valence-electron chi connectivity index (χ0n) is 10.5. The van der Waals surface area contributed by atoms with Crippen molar-refractivity contribution in [3.05, 3.63) is 22.8 Å². The van der Waals surface area contributed by atoms with Crippen LogP contribution in [-0.2, 0) is 10.6 Å². The number of pyridine rings is 1. The molecule has 2 heterocycles. The van der Waals surface area contributed by atoms with Gasteiger partial charge in [-0.25, -0.2) is 4.98 Å². The maximum atomic E-state index is 6.01. The normalized spacial score (nSPS) is 19.8. The first-order valence-electron chi connectivity index (χ1n) is 6.21. The van der Waals surface area contributed by atoms with Gasteiger partial charge in [0.2, 0.25) is 0 Å². The van der Waals surface area contributed by atoms with E-state index in [2.05, 4.69) is 9.88 Å². The lowest BCUT2D eigenvalue weighted by molar-refractivity contribution is 0.0576. The molecule has 1 unspecified atom stereocenters. The molecule has 0 amide bonds. The van der Waals surface area contributed by atoms with Gasteiger partial charge in [-0.05, 0) is 30.9 Å². The van der Waals surface area contributed by atoms with E-state index in [1.54, 1.807) is 0 Å². The van der Waals surface area contributed by atoms with E-state index < -0.39 is 0 Å². The highest BCUT2D eigenvalue weighted by Crippen LogP contribution is 2.22. The smallest absolute Gasteiger partial charge is 0.128 e. The summed E-state index contributed by atoms with van der Waals surface area (Å²) in [5.74, 6) is 1.84. The molecule has 1 aromatic heterocycles.